The Labute approximate surface area is 142 Å². The average molecular weight is 333 g/mol. The van der Waals surface area contributed by atoms with Crippen LogP contribution < -0.4 is 0 Å². The maximum absolute atomic E-state index is 13.4. The molecule has 2 nitrogen and oxygen atoms in total. The first-order valence-corrected chi connectivity index (χ1v) is 8.07. The minimum Gasteiger partial charge on any atom is -0.366 e. The van der Waals surface area contributed by atoms with E-state index in [4.69, 9.17) is 11.6 Å². The van der Waals surface area contributed by atoms with Crippen LogP contribution in [0.2, 0.25) is 5.02 Å². The predicted octanol–water partition coefficient (Wildman–Crippen LogP) is 5.30. The number of aliphatic imine (C=N–C) groups is 1. The number of rotatable bonds is 5. The summed E-state index contributed by atoms with van der Waals surface area (Å²) in [6.45, 7) is 7.08. The molecule has 0 aliphatic rings. The van der Waals surface area contributed by atoms with Crippen molar-refractivity contribution in [3.8, 4) is 0 Å². The highest BCUT2D eigenvalue weighted by atomic mass is 35.5. The first kappa shape index (κ1) is 17.5. The Morgan fingerprint density at radius 3 is 2.57 bits per heavy atom. The molecule has 2 aromatic carbocycles. The topological polar surface area (TPSA) is 15.6 Å². The molecule has 0 unspecified atom stereocenters. The van der Waals surface area contributed by atoms with Gasteiger partial charge >= 0.3 is 0 Å². The van der Waals surface area contributed by atoms with E-state index in [1.807, 2.05) is 32.1 Å². The van der Waals surface area contributed by atoms with Crippen molar-refractivity contribution in [2.75, 3.05) is 13.6 Å². The van der Waals surface area contributed by atoms with Crippen LogP contribution in [0.1, 0.15) is 29.2 Å². The second-order valence-corrected chi connectivity index (χ2v) is 6.20. The standard InChI is InChI=1S/C19H22ClFN2/c1-5-23(4)12-22-19-9-13(2)15(8-14(19)3)10-16-11-17(21)6-7-18(16)20/h6-9,11-12H,5,10H2,1-4H3/b22-12-. The van der Waals surface area contributed by atoms with Crippen molar-refractivity contribution in [3.63, 3.8) is 0 Å². The molecule has 2 aromatic rings. The number of hydrogen-bond donors (Lipinski definition) is 0. The molecule has 0 radical (unpaired) electrons. The smallest absolute Gasteiger partial charge is 0.123 e. The van der Waals surface area contributed by atoms with Gasteiger partial charge in [-0.1, -0.05) is 17.7 Å². The molecular formula is C19H22ClFN2. The van der Waals surface area contributed by atoms with Crippen LogP contribution in [0.4, 0.5) is 10.1 Å². The molecule has 4 heteroatoms. The molecule has 0 aliphatic carbocycles. The molecule has 0 heterocycles. The molecule has 0 amide bonds. The number of hydrogen-bond acceptors (Lipinski definition) is 1. The minimum atomic E-state index is -0.261. The predicted molar refractivity (Wildman–Crippen MR) is 96.6 cm³/mol. The molecule has 0 fully saturated rings. The lowest BCUT2D eigenvalue weighted by molar-refractivity contribution is 0.552. The van der Waals surface area contributed by atoms with E-state index in [2.05, 4.69) is 24.0 Å². The second kappa shape index (κ2) is 7.60. The summed E-state index contributed by atoms with van der Waals surface area (Å²) in [6.07, 6.45) is 2.45. The van der Waals surface area contributed by atoms with Gasteiger partial charge in [-0.05, 0) is 73.7 Å². The Morgan fingerprint density at radius 2 is 1.87 bits per heavy atom. The highest BCUT2D eigenvalue weighted by molar-refractivity contribution is 6.31. The summed E-state index contributed by atoms with van der Waals surface area (Å²) < 4.78 is 13.4. The minimum absolute atomic E-state index is 0.261. The van der Waals surface area contributed by atoms with Crippen molar-refractivity contribution in [1.29, 1.82) is 0 Å². The molecule has 0 aromatic heterocycles. The highest BCUT2D eigenvalue weighted by Crippen LogP contribution is 2.27. The monoisotopic (exact) mass is 332 g/mol. The van der Waals surface area contributed by atoms with Crippen LogP contribution in [0.25, 0.3) is 0 Å². The lowest BCUT2D eigenvalue weighted by Gasteiger charge is -2.12. The van der Waals surface area contributed by atoms with Crippen molar-refractivity contribution < 1.29 is 4.39 Å². The summed E-state index contributed by atoms with van der Waals surface area (Å²) in [6, 6.07) is 8.66. The molecule has 0 spiro atoms. The van der Waals surface area contributed by atoms with Gasteiger partial charge in [-0.2, -0.15) is 0 Å². The van der Waals surface area contributed by atoms with Gasteiger partial charge in [0.05, 0.1) is 12.0 Å². The summed E-state index contributed by atoms with van der Waals surface area (Å²) >= 11 is 6.17. The SMILES string of the molecule is CCN(C)/C=N\c1cc(C)c(Cc2cc(F)ccc2Cl)cc1C. The van der Waals surface area contributed by atoms with Crippen LogP contribution in [0, 0.1) is 19.7 Å². The molecule has 23 heavy (non-hydrogen) atoms. The van der Waals surface area contributed by atoms with Gasteiger partial charge in [0, 0.05) is 18.6 Å². The third-order valence-corrected chi connectivity index (χ3v) is 4.30. The summed E-state index contributed by atoms with van der Waals surface area (Å²) in [4.78, 5) is 6.56. The van der Waals surface area contributed by atoms with E-state index in [1.165, 1.54) is 12.1 Å². The van der Waals surface area contributed by atoms with Crippen LogP contribution >= 0.6 is 11.6 Å². The van der Waals surface area contributed by atoms with E-state index in [-0.39, 0.29) is 5.82 Å². The zero-order chi connectivity index (χ0) is 17.0. The fraction of sp³-hybridized carbons (Fsp3) is 0.316. The molecular weight excluding hydrogens is 311 g/mol. The summed E-state index contributed by atoms with van der Waals surface area (Å²) in [5, 5.41) is 0.593. The van der Waals surface area contributed by atoms with Crippen LogP contribution in [0.5, 0.6) is 0 Å². The van der Waals surface area contributed by atoms with E-state index in [1.54, 1.807) is 6.07 Å². The van der Waals surface area contributed by atoms with E-state index in [0.29, 0.717) is 11.4 Å². The molecule has 0 atom stereocenters. The third kappa shape index (κ3) is 4.55. The normalized spacial score (nSPS) is 11.2. The first-order chi connectivity index (χ1) is 10.9. The largest absolute Gasteiger partial charge is 0.366 e. The average Bonchev–Trinajstić information content (AvgIpc) is 2.52. The summed E-state index contributed by atoms with van der Waals surface area (Å²) in [7, 11) is 1.99. The fourth-order valence-corrected chi connectivity index (χ4v) is 2.50. The van der Waals surface area contributed by atoms with Crippen molar-refractivity contribution in [2.24, 2.45) is 4.99 Å². The number of nitrogens with zero attached hydrogens (tertiary/aromatic N) is 2. The Kier molecular flexibility index (Phi) is 5.78. The molecule has 0 bridgehead atoms. The van der Waals surface area contributed by atoms with Crippen LogP contribution in [0.15, 0.2) is 35.3 Å². The van der Waals surface area contributed by atoms with Gasteiger partial charge in [0.2, 0.25) is 0 Å². The van der Waals surface area contributed by atoms with Crippen LogP contribution in [-0.4, -0.2) is 24.8 Å². The summed E-state index contributed by atoms with van der Waals surface area (Å²) in [5.74, 6) is -0.261. The van der Waals surface area contributed by atoms with Crippen molar-refractivity contribution >= 4 is 23.6 Å². The van der Waals surface area contributed by atoms with Gasteiger partial charge in [-0.15, -0.1) is 0 Å². The van der Waals surface area contributed by atoms with Gasteiger partial charge in [0.25, 0.3) is 0 Å². The molecule has 122 valence electrons. The first-order valence-electron chi connectivity index (χ1n) is 7.69. The zero-order valence-electron chi connectivity index (χ0n) is 14.0. The quantitative estimate of drug-likeness (QED) is 0.536. The van der Waals surface area contributed by atoms with E-state index >= 15 is 0 Å². The van der Waals surface area contributed by atoms with Gasteiger partial charge in [-0.25, -0.2) is 9.38 Å². The number of aryl methyl sites for hydroxylation is 2. The van der Waals surface area contributed by atoms with Gasteiger partial charge < -0.3 is 4.90 Å². The highest BCUT2D eigenvalue weighted by Gasteiger charge is 2.08. The molecule has 0 saturated heterocycles. The summed E-state index contributed by atoms with van der Waals surface area (Å²) in [5.41, 5.74) is 5.12. The fourth-order valence-electron chi connectivity index (χ4n) is 2.32. The van der Waals surface area contributed by atoms with Crippen molar-refractivity contribution in [2.45, 2.75) is 27.2 Å². The Bertz CT molecular complexity index is 726. The van der Waals surface area contributed by atoms with E-state index < -0.39 is 0 Å². The van der Waals surface area contributed by atoms with Crippen LogP contribution in [-0.2, 0) is 6.42 Å². The molecule has 0 aliphatic heterocycles. The maximum Gasteiger partial charge on any atom is 0.123 e. The van der Waals surface area contributed by atoms with E-state index in [0.717, 1.165) is 34.5 Å². The van der Waals surface area contributed by atoms with Gasteiger partial charge in [0.15, 0.2) is 0 Å². The van der Waals surface area contributed by atoms with Gasteiger partial charge in [-0.3, -0.25) is 0 Å². The number of benzene rings is 2. The molecule has 0 saturated carbocycles. The second-order valence-electron chi connectivity index (χ2n) is 5.80. The van der Waals surface area contributed by atoms with Crippen LogP contribution in [0.3, 0.4) is 0 Å². The maximum atomic E-state index is 13.4. The molecule has 2 rings (SSSR count). The van der Waals surface area contributed by atoms with E-state index in [9.17, 15) is 4.39 Å². The lowest BCUT2D eigenvalue weighted by Crippen LogP contribution is -2.14. The Balaban J connectivity index is 2.29. The van der Waals surface area contributed by atoms with Crippen molar-refractivity contribution in [3.05, 3.63) is 63.4 Å². The third-order valence-electron chi connectivity index (χ3n) is 3.94. The van der Waals surface area contributed by atoms with Crippen molar-refractivity contribution in [1.82, 2.24) is 4.90 Å². The number of halogens is 2. The zero-order valence-corrected chi connectivity index (χ0v) is 14.8. The Morgan fingerprint density at radius 1 is 1.13 bits per heavy atom. The van der Waals surface area contributed by atoms with Gasteiger partial charge in [0.1, 0.15) is 5.82 Å². The molecule has 0 N–H and O–H groups in total. The Hall–Kier alpha value is -1.87. The lowest BCUT2D eigenvalue weighted by atomic mass is 9.97.